The summed E-state index contributed by atoms with van der Waals surface area (Å²) >= 11 is 1.09. The summed E-state index contributed by atoms with van der Waals surface area (Å²) in [5.74, 6) is -1.47. The molecule has 5 nitrogen and oxygen atoms in total. The monoisotopic (exact) mass is 358 g/mol. The molecule has 0 radical (unpaired) electrons. The molecule has 3 rings (SSSR count). The number of rotatable bonds is 3. The fraction of sp³-hybridized carbons (Fsp3) is 0.111. The van der Waals surface area contributed by atoms with E-state index in [9.17, 15) is 14.3 Å². The highest BCUT2D eigenvalue weighted by Crippen LogP contribution is 2.40. The lowest BCUT2D eigenvalue weighted by atomic mass is 10.2. The Labute approximate surface area is 148 Å². The number of methoxy groups -OCH3 is 1. The summed E-state index contributed by atoms with van der Waals surface area (Å²) in [4.78, 5) is 16.7. The first-order valence-corrected chi connectivity index (χ1v) is 8.19. The highest BCUT2D eigenvalue weighted by Gasteiger charge is 2.33. The van der Waals surface area contributed by atoms with E-state index in [1.54, 1.807) is 18.2 Å². The maximum atomic E-state index is 13.9. The van der Waals surface area contributed by atoms with Gasteiger partial charge in [0.15, 0.2) is 0 Å². The normalized spacial score (nSPS) is 17.6. The van der Waals surface area contributed by atoms with Gasteiger partial charge in [-0.05, 0) is 30.3 Å². The highest BCUT2D eigenvalue weighted by atomic mass is 32.2. The van der Waals surface area contributed by atoms with Gasteiger partial charge < -0.3 is 14.4 Å². The molecule has 1 N–H and O–H groups in total. The Hall–Kier alpha value is -2.80. The van der Waals surface area contributed by atoms with Crippen LogP contribution in [-0.4, -0.2) is 27.8 Å². The second-order valence-electron chi connectivity index (χ2n) is 5.24. The third-order valence-electron chi connectivity index (χ3n) is 3.62. The minimum Gasteiger partial charge on any atom is -0.506 e. The van der Waals surface area contributed by atoms with Crippen LogP contribution in [0.15, 0.2) is 63.8 Å². The molecule has 1 aliphatic rings. The van der Waals surface area contributed by atoms with Crippen LogP contribution >= 0.6 is 11.8 Å². The minimum atomic E-state index is -0.727. The maximum Gasteiger partial charge on any atom is 0.344 e. The second-order valence-corrected chi connectivity index (χ2v) is 6.27. The zero-order valence-electron chi connectivity index (χ0n) is 13.6. The number of carbonyl (C=O) groups is 1. The van der Waals surface area contributed by atoms with Crippen molar-refractivity contribution < 1.29 is 19.0 Å². The van der Waals surface area contributed by atoms with E-state index in [4.69, 9.17) is 4.74 Å². The van der Waals surface area contributed by atoms with Gasteiger partial charge in [0.05, 0.1) is 12.0 Å². The third kappa shape index (κ3) is 3.36. The molecule has 25 heavy (non-hydrogen) atoms. The van der Waals surface area contributed by atoms with E-state index in [2.05, 4.69) is 4.99 Å². The van der Waals surface area contributed by atoms with E-state index in [0.29, 0.717) is 4.91 Å². The zero-order valence-corrected chi connectivity index (χ0v) is 14.4. The van der Waals surface area contributed by atoms with E-state index in [1.165, 1.54) is 19.2 Å². The van der Waals surface area contributed by atoms with Crippen LogP contribution in [0.5, 0.6) is 0 Å². The van der Waals surface area contributed by atoms with E-state index in [0.717, 1.165) is 17.5 Å². The van der Waals surface area contributed by atoms with Gasteiger partial charge in [-0.2, -0.15) is 0 Å². The predicted molar refractivity (Wildman–Crippen MR) is 96.1 cm³/mol. The van der Waals surface area contributed by atoms with Crippen molar-refractivity contribution in [2.75, 3.05) is 7.11 Å². The molecule has 0 saturated carbocycles. The van der Waals surface area contributed by atoms with E-state index < -0.39 is 11.8 Å². The quantitative estimate of drug-likeness (QED) is 0.844. The highest BCUT2D eigenvalue weighted by molar-refractivity contribution is 8.18. The lowest BCUT2D eigenvalue weighted by Crippen LogP contribution is -2.10. The van der Waals surface area contributed by atoms with Gasteiger partial charge >= 0.3 is 5.97 Å². The third-order valence-corrected chi connectivity index (χ3v) is 4.64. The molecule has 1 aromatic carbocycles. The van der Waals surface area contributed by atoms with Crippen molar-refractivity contribution in [1.82, 2.24) is 4.57 Å². The van der Waals surface area contributed by atoms with Crippen LogP contribution in [-0.2, 0) is 16.6 Å². The summed E-state index contributed by atoms with van der Waals surface area (Å²) < 4.78 is 20.5. The number of hydrogen-bond donors (Lipinski definition) is 1. The number of aryl methyl sites for hydroxylation is 1. The Kier molecular flexibility index (Phi) is 4.76. The Balaban J connectivity index is 2.08. The number of aromatic nitrogens is 1. The lowest BCUT2D eigenvalue weighted by molar-refractivity contribution is -0.135. The van der Waals surface area contributed by atoms with Gasteiger partial charge in [0.25, 0.3) is 0 Å². The van der Waals surface area contributed by atoms with Crippen molar-refractivity contribution in [3.63, 3.8) is 0 Å². The summed E-state index contributed by atoms with van der Waals surface area (Å²) in [7, 11) is 3.08. The van der Waals surface area contributed by atoms with Crippen LogP contribution < -0.4 is 0 Å². The number of thioether (sulfide) groups is 1. The molecule has 0 amide bonds. The Morgan fingerprint density at radius 3 is 2.72 bits per heavy atom. The molecule has 0 bridgehead atoms. The molecular weight excluding hydrogens is 343 g/mol. The standard InChI is InChI=1S/C18H15FN2O3S/c1-21-9-5-6-11(21)10-14-16(22)15(18(23)24-2)17(25-14)20-13-8-4-3-7-12(13)19/h3-10,22H,1-2H3/b14-10+,20-17?. The summed E-state index contributed by atoms with van der Waals surface area (Å²) in [6, 6.07) is 9.70. The smallest absolute Gasteiger partial charge is 0.344 e. The molecule has 0 aliphatic carbocycles. The van der Waals surface area contributed by atoms with E-state index >= 15 is 0 Å². The molecule has 0 atom stereocenters. The Morgan fingerprint density at radius 1 is 1.32 bits per heavy atom. The molecule has 0 saturated heterocycles. The fourth-order valence-corrected chi connectivity index (χ4v) is 3.31. The largest absolute Gasteiger partial charge is 0.506 e. The topological polar surface area (TPSA) is 63.8 Å². The van der Waals surface area contributed by atoms with Crippen LogP contribution in [0.25, 0.3) is 6.08 Å². The second kappa shape index (κ2) is 6.98. The molecule has 1 aliphatic heterocycles. The molecule has 1 aromatic heterocycles. The van der Waals surface area contributed by atoms with Gasteiger partial charge in [-0.15, -0.1) is 0 Å². The van der Waals surface area contributed by atoms with Gasteiger partial charge in [0.2, 0.25) is 0 Å². The van der Waals surface area contributed by atoms with Crippen molar-refractivity contribution in [1.29, 1.82) is 0 Å². The van der Waals surface area contributed by atoms with Crippen LogP contribution in [0.1, 0.15) is 5.69 Å². The summed E-state index contributed by atoms with van der Waals surface area (Å²) in [6.45, 7) is 0. The molecule has 2 aromatic rings. The molecule has 0 fully saturated rings. The van der Waals surface area contributed by atoms with Crippen molar-refractivity contribution in [2.24, 2.45) is 12.0 Å². The fourth-order valence-electron chi connectivity index (χ4n) is 2.30. The number of para-hydroxylation sites is 1. The lowest BCUT2D eigenvalue weighted by Gasteiger charge is -2.02. The predicted octanol–water partition coefficient (Wildman–Crippen LogP) is 3.97. The van der Waals surface area contributed by atoms with Gasteiger partial charge in [-0.25, -0.2) is 14.2 Å². The maximum absolute atomic E-state index is 13.9. The molecule has 0 spiro atoms. The Morgan fingerprint density at radius 2 is 2.08 bits per heavy atom. The number of benzene rings is 1. The average molecular weight is 358 g/mol. The van der Waals surface area contributed by atoms with Crippen molar-refractivity contribution in [2.45, 2.75) is 0 Å². The number of halogens is 1. The van der Waals surface area contributed by atoms with Crippen LogP contribution in [0.3, 0.4) is 0 Å². The number of hydrogen-bond acceptors (Lipinski definition) is 5. The van der Waals surface area contributed by atoms with Crippen LogP contribution in [0.2, 0.25) is 0 Å². The number of ether oxygens (including phenoxy) is 1. The van der Waals surface area contributed by atoms with E-state index in [-0.39, 0.29) is 22.1 Å². The molecule has 2 heterocycles. The number of aliphatic imine (C=N–C) groups is 1. The molecule has 128 valence electrons. The van der Waals surface area contributed by atoms with Crippen LogP contribution in [0.4, 0.5) is 10.1 Å². The molecular formula is C18H15FN2O3S. The number of carbonyl (C=O) groups excluding carboxylic acids is 1. The van der Waals surface area contributed by atoms with Crippen molar-refractivity contribution >= 4 is 34.5 Å². The number of nitrogens with zero attached hydrogens (tertiary/aromatic N) is 2. The minimum absolute atomic E-state index is 0.0730. The number of esters is 1. The van der Waals surface area contributed by atoms with Crippen LogP contribution in [0, 0.1) is 5.82 Å². The van der Waals surface area contributed by atoms with Gasteiger partial charge in [-0.3, -0.25) is 0 Å². The average Bonchev–Trinajstić information content (AvgIpc) is 3.13. The molecule has 0 unspecified atom stereocenters. The number of aliphatic hydroxyl groups is 1. The summed E-state index contributed by atoms with van der Waals surface area (Å²) in [5, 5.41) is 10.7. The van der Waals surface area contributed by atoms with E-state index in [1.807, 2.05) is 29.9 Å². The SMILES string of the molecule is COC(=O)C1=C(O)/C(=C\c2cccn2C)SC1=Nc1ccccc1F. The summed E-state index contributed by atoms with van der Waals surface area (Å²) in [6.07, 6.45) is 3.59. The first kappa shape index (κ1) is 17.0. The first-order valence-electron chi connectivity index (χ1n) is 7.37. The van der Waals surface area contributed by atoms with Crippen molar-refractivity contribution in [3.8, 4) is 0 Å². The Bertz CT molecular complexity index is 928. The molecule has 7 heteroatoms. The van der Waals surface area contributed by atoms with Gasteiger partial charge in [-0.1, -0.05) is 23.9 Å². The van der Waals surface area contributed by atoms with Crippen molar-refractivity contribution in [3.05, 3.63) is 70.3 Å². The van der Waals surface area contributed by atoms with Gasteiger partial charge in [0.1, 0.15) is 27.9 Å². The summed E-state index contributed by atoms with van der Waals surface area (Å²) in [5.41, 5.74) is 0.848. The van der Waals surface area contributed by atoms with Gasteiger partial charge in [0, 0.05) is 18.9 Å². The number of aliphatic hydroxyl groups excluding tert-OH is 1. The zero-order chi connectivity index (χ0) is 18.0. The first-order chi connectivity index (χ1) is 12.0.